The average Bonchev–Trinajstić information content (AvgIpc) is 2.59. The molecule has 3 rings (SSSR count). The summed E-state index contributed by atoms with van der Waals surface area (Å²) in [5, 5.41) is 9.44. The molecule has 2 aromatic rings. The monoisotopic (exact) mass is 313 g/mol. The summed E-state index contributed by atoms with van der Waals surface area (Å²) in [6.45, 7) is 5.09. The van der Waals surface area contributed by atoms with Crippen LogP contribution in [0.1, 0.15) is 12.0 Å². The molecule has 6 heteroatoms. The average molecular weight is 313 g/mol. The van der Waals surface area contributed by atoms with Crippen LogP contribution < -0.4 is 10.6 Å². The molecule has 0 amide bonds. The second kappa shape index (κ2) is 7.28. The normalized spacial score (nSPS) is 15.7. The van der Waals surface area contributed by atoms with Gasteiger partial charge in [0.15, 0.2) is 0 Å². The van der Waals surface area contributed by atoms with Crippen molar-refractivity contribution in [2.24, 2.45) is 0 Å². The van der Waals surface area contributed by atoms with Crippen molar-refractivity contribution in [2.45, 2.75) is 12.8 Å². The molecule has 0 saturated carbocycles. The molecule has 0 spiro atoms. The van der Waals surface area contributed by atoms with Crippen LogP contribution in [0.15, 0.2) is 36.7 Å². The van der Waals surface area contributed by atoms with E-state index in [1.54, 1.807) is 18.5 Å². The molecule has 0 atom stereocenters. The largest absolute Gasteiger partial charge is 0.506 e. The molecular weight excluding hydrogens is 290 g/mol. The van der Waals surface area contributed by atoms with Gasteiger partial charge in [-0.25, -0.2) is 9.97 Å². The van der Waals surface area contributed by atoms with Crippen molar-refractivity contribution in [3.63, 3.8) is 0 Å². The van der Waals surface area contributed by atoms with Crippen LogP contribution in [-0.4, -0.2) is 52.7 Å². The van der Waals surface area contributed by atoms with E-state index < -0.39 is 0 Å². The molecule has 1 aromatic heterocycles. The smallest absolute Gasteiger partial charge is 0.225 e. The van der Waals surface area contributed by atoms with Gasteiger partial charge in [-0.2, -0.15) is 0 Å². The maximum Gasteiger partial charge on any atom is 0.225 e. The van der Waals surface area contributed by atoms with Crippen LogP contribution in [0.5, 0.6) is 5.75 Å². The summed E-state index contributed by atoms with van der Waals surface area (Å²) in [5.41, 5.74) is 7.36. The Hall–Kier alpha value is -2.34. The molecule has 6 nitrogen and oxygen atoms in total. The molecule has 1 aromatic carbocycles. The van der Waals surface area contributed by atoms with Gasteiger partial charge in [-0.3, -0.25) is 4.90 Å². The highest BCUT2D eigenvalue weighted by molar-refractivity contribution is 5.53. The summed E-state index contributed by atoms with van der Waals surface area (Å²) in [6, 6.07) is 7.31. The number of aromatic nitrogens is 2. The number of anilines is 2. The van der Waals surface area contributed by atoms with Crippen molar-refractivity contribution in [1.29, 1.82) is 0 Å². The minimum atomic E-state index is 0.160. The molecule has 1 aliphatic heterocycles. The molecule has 3 N–H and O–H groups in total. The highest BCUT2D eigenvalue weighted by atomic mass is 16.3. The Morgan fingerprint density at radius 3 is 2.52 bits per heavy atom. The molecule has 0 unspecified atom stereocenters. The third kappa shape index (κ3) is 4.10. The number of nitrogens with zero attached hydrogens (tertiary/aromatic N) is 4. The lowest BCUT2D eigenvalue weighted by Crippen LogP contribution is -2.47. The van der Waals surface area contributed by atoms with Gasteiger partial charge in [-0.1, -0.05) is 6.07 Å². The SMILES string of the molecule is Nc1cc(CCCN2CCN(c3ncccn3)CC2)ccc1O. The molecule has 0 radical (unpaired) electrons. The molecule has 1 aliphatic rings. The minimum absolute atomic E-state index is 0.160. The van der Waals surface area contributed by atoms with Gasteiger partial charge in [0.05, 0.1) is 5.69 Å². The van der Waals surface area contributed by atoms with Crippen LogP contribution in [0.4, 0.5) is 11.6 Å². The summed E-state index contributed by atoms with van der Waals surface area (Å²) in [6.07, 6.45) is 5.65. The molecule has 0 aliphatic carbocycles. The quantitative estimate of drug-likeness (QED) is 0.644. The number of benzene rings is 1. The number of rotatable bonds is 5. The predicted octanol–water partition coefficient (Wildman–Crippen LogP) is 1.52. The van der Waals surface area contributed by atoms with E-state index in [0.29, 0.717) is 5.69 Å². The van der Waals surface area contributed by atoms with E-state index in [4.69, 9.17) is 5.73 Å². The molecule has 1 saturated heterocycles. The zero-order chi connectivity index (χ0) is 16.1. The standard InChI is InChI=1S/C17H23N5O/c18-15-13-14(4-5-16(15)23)3-1-8-21-9-11-22(12-10-21)17-19-6-2-7-20-17/h2,4-7,13,23H,1,3,8-12,18H2. The van der Waals surface area contributed by atoms with E-state index in [1.807, 2.05) is 18.2 Å². The van der Waals surface area contributed by atoms with Crippen LogP contribution in [-0.2, 0) is 6.42 Å². The number of piperazine rings is 1. The van der Waals surface area contributed by atoms with E-state index in [-0.39, 0.29) is 5.75 Å². The van der Waals surface area contributed by atoms with Crippen molar-refractivity contribution >= 4 is 11.6 Å². The zero-order valence-electron chi connectivity index (χ0n) is 13.2. The van der Waals surface area contributed by atoms with Crippen LogP contribution in [0.25, 0.3) is 0 Å². The lowest BCUT2D eigenvalue weighted by molar-refractivity contribution is 0.254. The number of nitrogens with two attached hydrogens (primary N) is 1. The predicted molar refractivity (Wildman–Crippen MR) is 91.5 cm³/mol. The topological polar surface area (TPSA) is 78.5 Å². The van der Waals surface area contributed by atoms with Crippen LogP contribution in [0.3, 0.4) is 0 Å². The Bertz CT molecular complexity index is 626. The Kier molecular flexibility index (Phi) is 4.92. The first-order chi connectivity index (χ1) is 11.2. The van der Waals surface area contributed by atoms with Crippen LogP contribution in [0.2, 0.25) is 0 Å². The van der Waals surface area contributed by atoms with Gasteiger partial charge in [0, 0.05) is 38.6 Å². The van der Waals surface area contributed by atoms with Crippen molar-refractivity contribution in [1.82, 2.24) is 14.9 Å². The number of aryl methyl sites for hydroxylation is 1. The van der Waals surface area contributed by atoms with Gasteiger partial charge in [0.1, 0.15) is 5.75 Å². The fourth-order valence-corrected chi connectivity index (χ4v) is 2.89. The third-order valence-corrected chi connectivity index (χ3v) is 4.24. The lowest BCUT2D eigenvalue weighted by Gasteiger charge is -2.34. The molecule has 1 fully saturated rings. The highest BCUT2D eigenvalue weighted by Crippen LogP contribution is 2.21. The Morgan fingerprint density at radius 2 is 1.83 bits per heavy atom. The minimum Gasteiger partial charge on any atom is -0.506 e. The second-order valence-electron chi connectivity index (χ2n) is 5.87. The van der Waals surface area contributed by atoms with Crippen molar-refractivity contribution in [2.75, 3.05) is 43.4 Å². The maximum absolute atomic E-state index is 9.44. The Balaban J connectivity index is 1.41. The number of nitrogen functional groups attached to an aromatic ring is 1. The summed E-state index contributed by atoms with van der Waals surface area (Å²) >= 11 is 0. The van der Waals surface area contributed by atoms with Crippen molar-refractivity contribution in [3.05, 3.63) is 42.2 Å². The summed E-state index contributed by atoms with van der Waals surface area (Å²) in [4.78, 5) is 13.3. The van der Waals surface area contributed by atoms with Gasteiger partial charge >= 0.3 is 0 Å². The second-order valence-corrected chi connectivity index (χ2v) is 5.87. The third-order valence-electron chi connectivity index (χ3n) is 4.24. The first kappa shape index (κ1) is 15.6. The molecule has 122 valence electrons. The van der Waals surface area contributed by atoms with Gasteiger partial charge in [0.25, 0.3) is 0 Å². The highest BCUT2D eigenvalue weighted by Gasteiger charge is 2.18. The fraction of sp³-hybridized carbons (Fsp3) is 0.412. The fourth-order valence-electron chi connectivity index (χ4n) is 2.89. The number of phenolic OH excluding ortho intramolecular Hbond substituents is 1. The number of hydrogen-bond donors (Lipinski definition) is 2. The summed E-state index contributed by atoms with van der Waals surface area (Å²) < 4.78 is 0. The molecule has 0 bridgehead atoms. The Morgan fingerprint density at radius 1 is 1.09 bits per heavy atom. The van der Waals surface area contributed by atoms with Gasteiger partial charge in [-0.05, 0) is 43.1 Å². The summed E-state index contributed by atoms with van der Waals surface area (Å²) in [5.74, 6) is 0.986. The molecule has 2 heterocycles. The van der Waals surface area contributed by atoms with E-state index in [2.05, 4.69) is 19.8 Å². The maximum atomic E-state index is 9.44. The molecular formula is C17H23N5O. The van der Waals surface area contributed by atoms with Gasteiger partial charge < -0.3 is 15.7 Å². The van der Waals surface area contributed by atoms with E-state index >= 15 is 0 Å². The van der Waals surface area contributed by atoms with Crippen molar-refractivity contribution < 1.29 is 5.11 Å². The summed E-state index contributed by atoms with van der Waals surface area (Å²) in [7, 11) is 0. The van der Waals surface area contributed by atoms with Crippen LogP contribution >= 0.6 is 0 Å². The van der Waals surface area contributed by atoms with E-state index in [0.717, 1.165) is 51.5 Å². The first-order valence-corrected chi connectivity index (χ1v) is 8.04. The number of phenols is 1. The zero-order valence-corrected chi connectivity index (χ0v) is 13.2. The van der Waals surface area contributed by atoms with Gasteiger partial charge in [-0.15, -0.1) is 0 Å². The van der Waals surface area contributed by atoms with Crippen molar-refractivity contribution in [3.8, 4) is 5.75 Å². The van der Waals surface area contributed by atoms with E-state index in [9.17, 15) is 5.11 Å². The molecule has 23 heavy (non-hydrogen) atoms. The number of hydrogen-bond acceptors (Lipinski definition) is 6. The van der Waals surface area contributed by atoms with E-state index in [1.165, 1.54) is 5.56 Å². The van der Waals surface area contributed by atoms with Crippen LogP contribution in [0, 0.1) is 0 Å². The first-order valence-electron chi connectivity index (χ1n) is 8.04. The number of aromatic hydroxyl groups is 1. The Labute approximate surface area is 136 Å². The lowest BCUT2D eigenvalue weighted by atomic mass is 10.1. The van der Waals surface area contributed by atoms with Gasteiger partial charge in [0.2, 0.25) is 5.95 Å².